The van der Waals surface area contributed by atoms with Gasteiger partial charge in [-0.25, -0.2) is 8.42 Å². The zero-order valence-corrected chi connectivity index (χ0v) is 19.4. The highest BCUT2D eigenvalue weighted by Crippen LogP contribution is 2.30. The number of anilines is 1. The number of ether oxygens (including phenoxy) is 1. The summed E-state index contributed by atoms with van der Waals surface area (Å²) in [7, 11) is -4.01. The fourth-order valence-corrected chi connectivity index (χ4v) is 5.45. The average molecular weight is 474 g/mol. The van der Waals surface area contributed by atoms with Crippen LogP contribution in [0.2, 0.25) is 5.02 Å². The van der Waals surface area contributed by atoms with E-state index in [2.05, 4.69) is 9.29 Å². The molecule has 4 rings (SSSR count). The third-order valence-corrected chi connectivity index (χ3v) is 7.35. The Labute approximate surface area is 192 Å². The van der Waals surface area contributed by atoms with Crippen molar-refractivity contribution in [1.82, 2.24) is 9.47 Å². The van der Waals surface area contributed by atoms with Gasteiger partial charge in [0.05, 0.1) is 17.7 Å². The number of carbonyl (C=O) groups is 1. The number of halogens is 1. The van der Waals surface area contributed by atoms with Gasteiger partial charge in [0, 0.05) is 36.2 Å². The van der Waals surface area contributed by atoms with Gasteiger partial charge in [-0.1, -0.05) is 11.6 Å². The summed E-state index contributed by atoms with van der Waals surface area (Å²) in [4.78, 5) is 14.8. The Morgan fingerprint density at radius 2 is 1.91 bits per heavy atom. The minimum absolute atomic E-state index is 0.0422. The number of benzene rings is 2. The van der Waals surface area contributed by atoms with Gasteiger partial charge in [-0.3, -0.25) is 9.52 Å². The summed E-state index contributed by atoms with van der Waals surface area (Å²) in [5.41, 5.74) is 1.68. The molecule has 0 fully saturated rings. The third kappa shape index (κ3) is 4.33. The number of rotatable bonds is 6. The van der Waals surface area contributed by atoms with E-state index in [-0.39, 0.29) is 27.4 Å². The zero-order chi connectivity index (χ0) is 22.9. The Morgan fingerprint density at radius 1 is 1.16 bits per heavy atom. The Morgan fingerprint density at radius 3 is 2.62 bits per heavy atom. The molecule has 1 aromatic heterocycles. The van der Waals surface area contributed by atoms with Crippen LogP contribution in [0.1, 0.15) is 35.9 Å². The van der Waals surface area contributed by atoms with Crippen molar-refractivity contribution in [2.45, 2.75) is 31.3 Å². The summed E-state index contributed by atoms with van der Waals surface area (Å²) in [5.74, 6) is 0.405. The molecular formula is C23H24ClN3O4S. The smallest absolute Gasteiger partial charge is 0.263 e. The number of hydrogen-bond acceptors (Lipinski definition) is 4. The molecule has 1 atom stereocenters. The predicted molar refractivity (Wildman–Crippen MR) is 124 cm³/mol. The molecule has 0 aliphatic carbocycles. The Bertz CT molecular complexity index is 1240. The maximum absolute atomic E-state index is 13.2. The Hall–Kier alpha value is -2.97. The van der Waals surface area contributed by atoms with Crippen molar-refractivity contribution in [1.29, 1.82) is 0 Å². The van der Waals surface area contributed by atoms with Gasteiger partial charge in [0.25, 0.3) is 15.9 Å². The molecular weight excluding hydrogens is 450 g/mol. The van der Waals surface area contributed by atoms with Gasteiger partial charge in [-0.05, 0) is 68.4 Å². The van der Waals surface area contributed by atoms with Crippen LogP contribution < -0.4 is 9.46 Å². The Kier molecular flexibility index (Phi) is 6.17. The number of amides is 1. The van der Waals surface area contributed by atoms with Crippen LogP contribution >= 0.6 is 11.6 Å². The van der Waals surface area contributed by atoms with Crippen LogP contribution in [0, 0.1) is 0 Å². The summed E-state index contributed by atoms with van der Waals surface area (Å²) < 4.78 is 36.1. The molecule has 0 saturated carbocycles. The van der Waals surface area contributed by atoms with Crippen LogP contribution in [-0.2, 0) is 16.6 Å². The van der Waals surface area contributed by atoms with E-state index >= 15 is 0 Å². The minimum Gasteiger partial charge on any atom is -0.494 e. The second-order valence-corrected chi connectivity index (χ2v) is 9.57. The summed E-state index contributed by atoms with van der Waals surface area (Å²) >= 11 is 6.22. The number of nitrogens with zero attached hydrogens (tertiary/aromatic N) is 2. The molecule has 168 valence electrons. The van der Waals surface area contributed by atoms with Crippen LogP contribution in [0.4, 0.5) is 5.69 Å². The lowest BCUT2D eigenvalue weighted by atomic mass is 10.1. The quantitative estimate of drug-likeness (QED) is 0.569. The van der Waals surface area contributed by atoms with Crippen LogP contribution in [0.5, 0.6) is 5.75 Å². The summed E-state index contributed by atoms with van der Waals surface area (Å²) in [6.07, 6.45) is 1.99. The monoisotopic (exact) mass is 473 g/mol. The van der Waals surface area contributed by atoms with Gasteiger partial charge in [-0.2, -0.15) is 0 Å². The fourth-order valence-electron chi connectivity index (χ4n) is 3.86. The van der Waals surface area contributed by atoms with Gasteiger partial charge in [0.15, 0.2) is 0 Å². The molecule has 1 N–H and O–H groups in total. The molecule has 0 saturated heterocycles. The van der Waals surface area contributed by atoms with E-state index in [1.807, 2.05) is 32.2 Å². The highest BCUT2D eigenvalue weighted by atomic mass is 35.5. The minimum atomic E-state index is -4.01. The van der Waals surface area contributed by atoms with E-state index in [9.17, 15) is 13.2 Å². The van der Waals surface area contributed by atoms with Crippen molar-refractivity contribution in [3.05, 3.63) is 77.1 Å². The first kappa shape index (κ1) is 22.2. The average Bonchev–Trinajstić information content (AvgIpc) is 3.25. The molecule has 1 aliphatic heterocycles. The van der Waals surface area contributed by atoms with E-state index in [4.69, 9.17) is 16.3 Å². The standard InChI is InChI=1S/C23H24ClN3O4S/c1-3-31-19-9-7-18(8-10-19)25-32(29,30)22-15-17(6-11-20(22)24)23(28)27-14-13-26-12-4-5-21(26)16(27)2/h4-12,15-16,25H,3,13-14H2,1-2H3/t16-/m0/s1. The summed E-state index contributed by atoms with van der Waals surface area (Å²) in [5, 5.41) is 0.0422. The molecule has 2 heterocycles. The second-order valence-electron chi connectivity index (χ2n) is 7.51. The number of sulfonamides is 1. The molecule has 9 heteroatoms. The molecule has 1 aliphatic rings. The highest BCUT2D eigenvalue weighted by molar-refractivity contribution is 7.92. The maximum Gasteiger partial charge on any atom is 0.263 e. The van der Waals surface area contributed by atoms with Gasteiger partial charge in [-0.15, -0.1) is 0 Å². The molecule has 0 bridgehead atoms. The topological polar surface area (TPSA) is 80.6 Å². The second kappa shape index (κ2) is 8.88. The van der Waals surface area contributed by atoms with Gasteiger partial charge in [0.2, 0.25) is 0 Å². The lowest BCUT2D eigenvalue weighted by Gasteiger charge is -2.35. The van der Waals surface area contributed by atoms with Crippen LogP contribution in [-0.4, -0.2) is 36.9 Å². The largest absolute Gasteiger partial charge is 0.494 e. The maximum atomic E-state index is 13.2. The van der Waals surface area contributed by atoms with Crippen molar-refractivity contribution < 1.29 is 17.9 Å². The zero-order valence-electron chi connectivity index (χ0n) is 17.8. The molecule has 0 spiro atoms. The SMILES string of the molecule is CCOc1ccc(NS(=O)(=O)c2cc(C(=O)N3CCn4cccc4[C@@H]3C)ccc2Cl)cc1. The van der Waals surface area contributed by atoms with E-state index in [1.54, 1.807) is 35.2 Å². The van der Waals surface area contributed by atoms with Gasteiger partial charge < -0.3 is 14.2 Å². The van der Waals surface area contributed by atoms with Crippen molar-refractivity contribution >= 4 is 33.2 Å². The van der Waals surface area contributed by atoms with E-state index in [0.29, 0.717) is 31.1 Å². The van der Waals surface area contributed by atoms with Crippen LogP contribution in [0.15, 0.2) is 65.7 Å². The molecule has 7 nitrogen and oxygen atoms in total. The first-order valence-electron chi connectivity index (χ1n) is 10.3. The lowest BCUT2D eigenvalue weighted by Crippen LogP contribution is -2.40. The van der Waals surface area contributed by atoms with Crippen LogP contribution in [0.3, 0.4) is 0 Å². The lowest BCUT2D eigenvalue weighted by molar-refractivity contribution is 0.0644. The van der Waals surface area contributed by atoms with E-state index in [0.717, 1.165) is 5.69 Å². The number of carbonyl (C=O) groups excluding carboxylic acids is 1. The molecule has 2 aromatic carbocycles. The van der Waals surface area contributed by atoms with Crippen molar-refractivity contribution in [3.8, 4) is 5.75 Å². The molecule has 0 radical (unpaired) electrons. The number of fused-ring (bicyclic) bond motifs is 1. The summed E-state index contributed by atoms with van der Waals surface area (Å²) in [6.45, 7) is 5.58. The van der Waals surface area contributed by atoms with Crippen LogP contribution in [0.25, 0.3) is 0 Å². The van der Waals surface area contributed by atoms with Crippen molar-refractivity contribution in [2.75, 3.05) is 17.9 Å². The predicted octanol–water partition coefficient (Wildman–Crippen LogP) is 4.56. The molecule has 0 unspecified atom stereocenters. The van der Waals surface area contributed by atoms with Gasteiger partial charge >= 0.3 is 0 Å². The van der Waals surface area contributed by atoms with Gasteiger partial charge in [0.1, 0.15) is 10.6 Å². The molecule has 1 amide bonds. The normalized spacial score (nSPS) is 15.8. The van der Waals surface area contributed by atoms with E-state index < -0.39 is 10.0 Å². The van der Waals surface area contributed by atoms with Crippen molar-refractivity contribution in [2.24, 2.45) is 0 Å². The summed E-state index contributed by atoms with van der Waals surface area (Å²) in [6, 6.07) is 14.7. The van der Waals surface area contributed by atoms with Crippen molar-refractivity contribution in [3.63, 3.8) is 0 Å². The molecule has 3 aromatic rings. The first-order chi connectivity index (χ1) is 15.3. The molecule has 32 heavy (non-hydrogen) atoms. The Balaban J connectivity index is 1.58. The number of aromatic nitrogens is 1. The first-order valence-corrected chi connectivity index (χ1v) is 12.2. The van der Waals surface area contributed by atoms with E-state index in [1.165, 1.54) is 12.1 Å². The number of nitrogens with one attached hydrogen (secondary N) is 1. The third-order valence-electron chi connectivity index (χ3n) is 5.49. The number of hydrogen-bond donors (Lipinski definition) is 1. The fraction of sp³-hybridized carbons (Fsp3) is 0.261. The highest BCUT2D eigenvalue weighted by Gasteiger charge is 2.29.